The highest BCUT2D eigenvalue weighted by Crippen LogP contribution is 2.27. The van der Waals surface area contributed by atoms with Crippen LogP contribution in [-0.4, -0.2) is 10.2 Å². The summed E-state index contributed by atoms with van der Waals surface area (Å²) in [6.07, 6.45) is 0. The lowest BCUT2D eigenvalue weighted by atomic mass is 10.1. The van der Waals surface area contributed by atoms with E-state index in [2.05, 4.69) is 21.6 Å². The van der Waals surface area contributed by atoms with Crippen LogP contribution >= 0.6 is 11.3 Å². The molecule has 3 aromatic rings. The minimum atomic E-state index is 0.517. The molecule has 0 saturated carbocycles. The van der Waals surface area contributed by atoms with Crippen molar-refractivity contribution in [1.82, 2.24) is 10.2 Å². The summed E-state index contributed by atoms with van der Waals surface area (Å²) in [6.45, 7) is 4.36. The van der Waals surface area contributed by atoms with Crippen LogP contribution in [0, 0.1) is 13.8 Å². The number of benzene rings is 1. The number of hydrogen-bond donors (Lipinski definition) is 0. The fourth-order valence-electron chi connectivity index (χ4n) is 1.84. The molecule has 0 N–H and O–H groups in total. The maximum absolute atomic E-state index is 5.87. The smallest absolute Gasteiger partial charge is 0.247 e. The Hall–Kier alpha value is -2.14. The first-order valence-corrected chi connectivity index (χ1v) is 7.21. The summed E-state index contributed by atoms with van der Waals surface area (Å²) in [4.78, 5) is 0. The zero-order chi connectivity index (χ0) is 13.9. The first-order valence-electron chi connectivity index (χ1n) is 6.27. The molecule has 2 heterocycles. The van der Waals surface area contributed by atoms with Crippen LogP contribution in [0.5, 0.6) is 5.75 Å². The third-order valence-corrected chi connectivity index (χ3v) is 3.67. The molecule has 0 unspecified atom stereocenters. The van der Waals surface area contributed by atoms with Crippen LogP contribution in [0.25, 0.3) is 11.5 Å². The minimum Gasteiger partial charge on any atom is -0.489 e. The molecule has 4 nitrogen and oxygen atoms in total. The number of aromatic nitrogens is 2. The van der Waals surface area contributed by atoms with E-state index in [4.69, 9.17) is 9.15 Å². The van der Waals surface area contributed by atoms with Gasteiger partial charge in [-0.1, -0.05) is 6.07 Å². The Morgan fingerprint density at radius 3 is 2.80 bits per heavy atom. The van der Waals surface area contributed by atoms with Crippen molar-refractivity contribution in [3.63, 3.8) is 0 Å². The van der Waals surface area contributed by atoms with Gasteiger partial charge in [0.1, 0.15) is 12.4 Å². The molecular weight excluding hydrogens is 272 g/mol. The molecule has 0 aliphatic heterocycles. The van der Waals surface area contributed by atoms with E-state index in [1.54, 1.807) is 18.3 Å². The van der Waals surface area contributed by atoms with Crippen LogP contribution < -0.4 is 4.74 Å². The molecule has 0 atom stereocenters. The second kappa shape index (κ2) is 5.46. The lowest BCUT2D eigenvalue weighted by Crippen LogP contribution is -1.96. The molecule has 0 radical (unpaired) electrons. The van der Waals surface area contributed by atoms with Gasteiger partial charge in [-0.2, -0.15) is 11.3 Å². The Bertz CT molecular complexity index is 704. The van der Waals surface area contributed by atoms with Crippen molar-refractivity contribution >= 4 is 11.3 Å². The number of thiophene rings is 1. The Morgan fingerprint density at radius 2 is 2.10 bits per heavy atom. The van der Waals surface area contributed by atoms with E-state index in [1.165, 1.54) is 5.56 Å². The number of nitrogens with zero attached hydrogens (tertiary/aromatic N) is 2. The monoisotopic (exact) mass is 286 g/mol. The number of rotatable bonds is 4. The van der Waals surface area contributed by atoms with Gasteiger partial charge >= 0.3 is 0 Å². The summed E-state index contributed by atoms with van der Waals surface area (Å²) in [5, 5.41) is 12.0. The summed E-state index contributed by atoms with van der Waals surface area (Å²) < 4.78 is 11.3. The third-order valence-electron chi connectivity index (χ3n) is 2.94. The predicted molar refractivity (Wildman–Crippen MR) is 77.9 cm³/mol. The second-order valence-corrected chi connectivity index (χ2v) is 5.31. The van der Waals surface area contributed by atoms with E-state index in [1.807, 2.05) is 30.5 Å². The van der Waals surface area contributed by atoms with Crippen molar-refractivity contribution < 1.29 is 9.15 Å². The summed E-state index contributed by atoms with van der Waals surface area (Å²) >= 11 is 1.67. The summed E-state index contributed by atoms with van der Waals surface area (Å²) in [5.74, 6) is 1.91. The topological polar surface area (TPSA) is 48.2 Å². The molecule has 102 valence electrons. The maximum Gasteiger partial charge on any atom is 0.247 e. The van der Waals surface area contributed by atoms with E-state index < -0.39 is 0 Å². The van der Waals surface area contributed by atoms with E-state index in [0.717, 1.165) is 16.9 Å². The number of ether oxygens (including phenoxy) is 1. The Labute approximate surface area is 121 Å². The molecule has 0 spiro atoms. The van der Waals surface area contributed by atoms with Gasteiger partial charge in [-0.05, 0) is 47.0 Å². The third kappa shape index (κ3) is 2.72. The lowest BCUT2D eigenvalue weighted by Gasteiger charge is -2.09. The zero-order valence-electron chi connectivity index (χ0n) is 11.3. The van der Waals surface area contributed by atoms with Gasteiger partial charge in [-0.15, -0.1) is 10.2 Å². The number of aryl methyl sites for hydroxylation is 2. The molecule has 0 fully saturated rings. The molecule has 5 heteroatoms. The van der Waals surface area contributed by atoms with Crippen molar-refractivity contribution in [3.8, 4) is 17.2 Å². The van der Waals surface area contributed by atoms with Gasteiger partial charge in [-0.3, -0.25) is 0 Å². The molecule has 1 aromatic carbocycles. The maximum atomic E-state index is 5.87. The van der Waals surface area contributed by atoms with Gasteiger partial charge < -0.3 is 9.15 Å². The van der Waals surface area contributed by atoms with Crippen molar-refractivity contribution in [2.45, 2.75) is 20.5 Å². The van der Waals surface area contributed by atoms with Gasteiger partial charge in [0.05, 0.1) is 0 Å². The molecule has 2 aromatic heterocycles. The molecule has 0 amide bonds. The quantitative estimate of drug-likeness (QED) is 0.727. The van der Waals surface area contributed by atoms with E-state index in [0.29, 0.717) is 18.4 Å². The zero-order valence-corrected chi connectivity index (χ0v) is 12.1. The lowest BCUT2D eigenvalue weighted by molar-refractivity contribution is 0.304. The molecular formula is C15H14N2O2S. The van der Waals surface area contributed by atoms with Crippen LogP contribution in [0.4, 0.5) is 0 Å². The Kier molecular flexibility index (Phi) is 3.52. The standard InChI is InChI=1S/C15H14N2O2S/c1-10-3-4-13(15-17-16-11(2)19-15)7-14(10)18-8-12-5-6-20-9-12/h3-7,9H,8H2,1-2H3. The normalized spacial score (nSPS) is 10.7. The molecule has 0 bridgehead atoms. The Balaban J connectivity index is 1.83. The van der Waals surface area contributed by atoms with Crippen LogP contribution in [0.3, 0.4) is 0 Å². The predicted octanol–water partition coefficient (Wildman–Crippen LogP) is 3.99. The SMILES string of the molecule is Cc1nnc(-c2ccc(C)c(OCc3ccsc3)c2)o1. The highest BCUT2D eigenvalue weighted by atomic mass is 32.1. The Morgan fingerprint density at radius 1 is 1.20 bits per heavy atom. The van der Waals surface area contributed by atoms with E-state index in [9.17, 15) is 0 Å². The average molecular weight is 286 g/mol. The molecule has 0 aliphatic rings. The van der Waals surface area contributed by atoms with Gasteiger partial charge in [0.2, 0.25) is 11.8 Å². The van der Waals surface area contributed by atoms with Crippen LogP contribution in [-0.2, 0) is 6.61 Å². The highest BCUT2D eigenvalue weighted by molar-refractivity contribution is 7.07. The fourth-order valence-corrected chi connectivity index (χ4v) is 2.49. The van der Waals surface area contributed by atoms with Crippen molar-refractivity contribution in [1.29, 1.82) is 0 Å². The van der Waals surface area contributed by atoms with Crippen molar-refractivity contribution in [2.24, 2.45) is 0 Å². The van der Waals surface area contributed by atoms with Crippen LogP contribution in [0.15, 0.2) is 39.4 Å². The highest BCUT2D eigenvalue weighted by Gasteiger charge is 2.09. The van der Waals surface area contributed by atoms with Crippen LogP contribution in [0.2, 0.25) is 0 Å². The van der Waals surface area contributed by atoms with Gasteiger partial charge in [0.15, 0.2) is 0 Å². The molecule has 20 heavy (non-hydrogen) atoms. The van der Waals surface area contributed by atoms with Gasteiger partial charge in [-0.25, -0.2) is 0 Å². The summed E-state index contributed by atoms with van der Waals surface area (Å²) in [5.41, 5.74) is 3.13. The molecule has 0 saturated heterocycles. The van der Waals surface area contributed by atoms with E-state index in [-0.39, 0.29) is 0 Å². The molecule has 3 rings (SSSR count). The summed E-state index contributed by atoms with van der Waals surface area (Å²) in [6, 6.07) is 7.96. The average Bonchev–Trinajstić information content (AvgIpc) is 3.09. The van der Waals surface area contributed by atoms with E-state index >= 15 is 0 Å². The first-order chi connectivity index (χ1) is 9.72. The first kappa shape index (κ1) is 12.9. The second-order valence-electron chi connectivity index (χ2n) is 4.53. The largest absolute Gasteiger partial charge is 0.489 e. The summed E-state index contributed by atoms with van der Waals surface area (Å²) in [7, 11) is 0. The van der Waals surface area contributed by atoms with Crippen molar-refractivity contribution in [2.75, 3.05) is 0 Å². The van der Waals surface area contributed by atoms with Gasteiger partial charge in [0, 0.05) is 12.5 Å². The van der Waals surface area contributed by atoms with Gasteiger partial charge in [0.25, 0.3) is 0 Å². The fraction of sp³-hybridized carbons (Fsp3) is 0.200. The van der Waals surface area contributed by atoms with Crippen LogP contribution in [0.1, 0.15) is 17.0 Å². The van der Waals surface area contributed by atoms with Crippen molar-refractivity contribution in [3.05, 3.63) is 52.0 Å². The minimum absolute atomic E-state index is 0.517. The number of hydrogen-bond acceptors (Lipinski definition) is 5. The molecule has 0 aliphatic carbocycles.